The first kappa shape index (κ1) is 19.4. The number of benzene rings is 2. The molecule has 6 nitrogen and oxygen atoms in total. The van der Waals surface area contributed by atoms with Crippen molar-refractivity contribution in [3.8, 4) is 17.6 Å². The smallest absolute Gasteiger partial charge is 0.256 e. The fourth-order valence-corrected chi connectivity index (χ4v) is 6.20. The monoisotopic (exact) mass is 441 g/mol. The molecule has 8 heteroatoms. The molecular formula is C22H20ClN3O3S. The van der Waals surface area contributed by atoms with E-state index in [1.807, 2.05) is 24.3 Å². The molecule has 0 radical (unpaired) electrons. The standard InChI is InChI=1S/C22H20ClN3O3S/c23-17-3-6-20(15(13-17)14-24)29-19-4-1-16(2-5-19)22-9-7-18(8-10-22)26-11-12-30(27,28)25-21(22)26/h1-6,13,18H,7-12H2. The van der Waals surface area contributed by atoms with Gasteiger partial charge < -0.3 is 9.64 Å². The van der Waals surface area contributed by atoms with Crippen LogP contribution in [0.5, 0.6) is 11.5 Å². The minimum Gasteiger partial charge on any atom is -0.456 e. The van der Waals surface area contributed by atoms with Gasteiger partial charge in [-0.2, -0.15) is 5.26 Å². The quantitative estimate of drug-likeness (QED) is 0.711. The number of ether oxygens (including phenoxy) is 1. The van der Waals surface area contributed by atoms with Crippen LogP contribution >= 0.6 is 11.6 Å². The van der Waals surface area contributed by atoms with Crippen LogP contribution in [0.25, 0.3) is 0 Å². The lowest BCUT2D eigenvalue weighted by molar-refractivity contribution is 0.151. The number of rotatable bonds is 3. The van der Waals surface area contributed by atoms with E-state index in [1.54, 1.807) is 18.2 Å². The highest BCUT2D eigenvalue weighted by molar-refractivity contribution is 7.90. The Morgan fingerprint density at radius 1 is 1.17 bits per heavy atom. The van der Waals surface area contributed by atoms with Gasteiger partial charge in [0.1, 0.15) is 23.4 Å². The van der Waals surface area contributed by atoms with Crippen molar-refractivity contribution < 1.29 is 13.2 Å². The Hall–Kier alpha value is -2.56. The largest absolute Gasteiger partial charge is 0.456 e. The molecule has 2 saturated heterocycles. The fourth-order valence-electron chi connectivity index (χ4n) is 4.96. The maximum atomic E-state index is 12.2. The van der Waals surface area contributed by atoms with Crippen LogP contribution in [-0.2, 0) is 15.4 Å². The van der Waals surface area contributed by atoms with E-state index in [-0.39, 0.29) is 11.2 Å². The predicted molar refractivity (Wildman–Crippen MR) is 115 cm³/mol. The van der Waals surface area contributed by atoms with Gasteiger partial charge >= 0.3 is 0 Å². The number of piperidine rings is 2. The van der Waals surface area contributed by atoms with Crippen molar-refractivity contribution in [3.05, 3.63) is 58.6 Å². The highest BCUT2D eigenvalue weighted by Crippen LogP contribution is 2.49. The van der Waals surface area contributed by atoms with E-state index in [0.29, 0.717) is 34.7 Å². The molecule has 2 bridgehead atoms. The van der Waals surface area contributed by atoms with Crippen LogP contribution in [0.15, 0.2) is 46.9 Å². The lowest BCUT2D eigenvalue weighted by atomic mass is 9.63. The molecule has 0 N–H and O–H groups in total. The maximum absolute atomic E-state index is 12.2. The second kappa shape index (κ2) is 7.00. The molecule has 30 heavy (non-hydrogen) atoms. The van der Waals surface area contributed by atoms with Crippen molar-refractivity contribution >= 4 is 27.5 Å². The Morgan fingerprint density at radius 3 is 2.60 bits per heavy atom. The first-order valence-electron chi connectivity index (χ1n) is 9.98. The third kappa shape index (κ3) is 3.15. The van der Waals surface area contributed by atoms with Crippen molar-refractivity contribution in [2.24, 2.45) is 4.40 Å². The van der Waals surface area contributed by atoms with Gasteiger partial charge in [0.15, 0.2) is 0 Å². The van der Waals surface area contributed by atoms with Crippen molar-refractivity contribution in [3.63, 3.8) is 0 Å². The minimum atomic E-state index is -3.40. The Labute approximate surface area is 180 Å². The Morgan fingerprint density at radius 2 is 1.90 bits per heavy atom. The molecule has 154 valence electrons. The van der Waals surface area contributed by atoms with Gasteiger partial charge in [0.2, 0.25) is 0 Å². The van der Waals surface area contributed by atoms with Gasteiger partial charge in [-0.05, 0) is 61.6 Å². The van der Waals surface area contributed by atoms with Crippen LogP contribution < -0.4 is 4.74 Å². The molecular weight excluding hydrogens is 422 g/mol. The highest BCUT2D eigenvalue weighted by Gasteiger charge is 2.52. The summed E-state index contributed by atoms with van der Waals surface area (Å²) in [7, 11) is -3.40. The number of nitriles is 1. The SMILES string of the molecule is N#Cc1cc(Cl)ccc1Oc1ccc(C23CCC(CC2)N2CCS(=O)(=O)N=C23)cc1. The summed E-state index contributed by atoms with van der Waals surface area (Å²) in [6, 6.07) is 15.1. The Bertz CT molecular complexity index is 1180. The zero-order valence-electron chi connectivity index (χ0n) is 16.2. The molecule has 0 atom stereocenters. The molecule has 1 saturated carbocycles. The van der Waals surface area contributed by atoms with Crippen molar-refractivity contribution in [2.75, 3.05) is 12.3 Å². The van der Waals surface area contributed by atoms with E-state index >= 15 is 0 Å². The summed E-state index contributed by atoms with van der Waals surface area (Å²) in [5.74, 6) is 1.86. The van der Waals surface area contributed by atoms with Crippen LogP contribution in [0.1, 0.15) is 36.8 Å². The maximum Gasteiger partial charge on any atom is 0.256 e. The molecule has 0 unspecified atom stereocenters. The van der Waals surface area contributed by atoms with Crippen LogP contribution in [-0.4, -0.2) is 37.5 Å². The number of amidine groups is 1. The lowest BCUT2D eigenvalue weighted by Crippen LogP contribution is -2.62. The molecule has 0 amide bonds. The number of hydrogen-bond donors (Lipinski definition) is 0. The normalized spacial score (nSPS) is 26.5. The summed E-state index contributed by atoms with van der Waals surface area (Å²) in [5.41, 5.74) is 1.07. The zero-order chi connectivity index (χ0) is 20.9. The van der Waals surface area contributed by atoms with E-state index in [2.05, 4.69) is 15.4 Å². The molecule has 0 aromatic heterocycles. The summed E-state index contributed by atoms with van der Waals surface area (Å²) in [6.45, 7) is 0.530. The van der Waals surface area contributed by atoms with Gasteiger partial charge in [-0.15, -0.1) is 4.40 Å². The summed E-state index contributed by atoms with van der Waals surface area (Å²) >= 11 is 5.95. The van der Waals surface area contributed by atoms with Crippen LogP contribution in [0.2, 0.25) is 5.02 Å². The van der Waals surface area contributed by atoms with Gasteiger partial charge in [0.25, 0.3) is 10.0 Å². The molecule has 2 aromatic carbocycles. The van der Waals surface area contributed by atoms with Crippen LogP contribution in [0, 0.1) is 11.3 Å². The molecule has 3 heterocycles. The minimum absolute atomic E-state index is 0.0954. The molecule has 2 aromatic rings. The van der Waals surface area contributed by atoms with E-state index in [4.69, 9.17) is 16.3 Å². The number of sulfonamides is 1. The molecule has 3 fully saturated rings. The van der Waals surface area contributed by atoms with E-state index in [9.17, 15) is 13.7 Å². The average Bonchev–Trinajstić information content (AvgIpc) is 2.75. The second-order valence-electron chi connectivity index (χ2n) is 8.09. The first-order valence-corrected chi connectivity index (χ1v) is 12.0. The molecule has 3 aliphatic heterocycles. The second-order valence-corrected chi connectivity index (χ2v) is 10.3. The fraction of sp³-hybridized carbons (Fsp3) is 0.364. The summed E-state index contributed by atoms with van der Waals surface area (Å²) in [4.78, 5) is 2.21. The molecule has 0 spiro atoms. The predicted octanol–water partition coefficient (Wildman–Crippen LogP) is 4.24. The van der Waals surface area contributed by atoms with E-state index in [1.165, 1.54) is 0 Å². The van der Waals surface area contributed by atoms with Crippen molar-refractivity contribution in [1.82, 2.24) is 4.90 Å². The highest BCUT2D eigenvalue weighted by atomic mass is 35.5. The molecule has 1 aliphatic carbocycles. The van der Waals surface area contributed by atoms with Gasteiger partial charge in [0, 0.05) is 17.6 Å². The molecule has 6 rings (SSSR count). The third-order valence-electron chi connectivity index (χ3n) is 6.46. The van der Waals surface area contributed by atoms with E-state index < -0.39 is 10.0 Å². The van der Waals surface area contributed by atoms with E-state index in [0.717, 1.165) is 37.1 Å². The third-order valence-corrected chi connectivity index (χ3v) is 7.85. The number of halogens is 1. The first-order chi connectivity index (χ1) is 14.4. The molecule has 4 aliphatic rings. The van der Waals surface area contributed by atoms with Gasteiger partial charge in [0.05, 0.1) is 16.7 Å². The van der Waals surface area contributed by atoms with Crippen molar-refractivity contribution in [2.45, 2.75) is 37.1 Å². The number of nitrogens with zero attached hydrogens (tertiary/aromatic N) is 3. The van der Waals surface area contributed by atoms with Crippen LogP contribution in [0.3, 0.4) is 0 Å². The van der Waals surface area contributed by atoms with Gasteiger partial charge in [-0.1, -0.05) is 23.7 Å². The Kier molecular flexibility index (Phi) is 4.53. The summed E-state index contributed by atoms with van der Waals surface area (Å²) < 4.78 is 34.6. The van der Waals surface area contributed by atoms with Gasteiger partial charge in [-0.25, -0.2) is 8.42 Å². The summed E-state index contributed by atoms with van der Waals surface area (Å²) in [5, 5.41) is 9.78. The lowest BCUT2D eigenvalue weighted by Gasteiger charge is -2.55. The van der Waals surface area contributed by atoms with Crippen molar-refractivity contribution in [1.29, 1.82) is 5.26 Å². The van der Waals surface area contributed by atoms with Crippen LogP contribution in [0.4, 0.5) is 0 Å². The number of fused-ring (bicyclic) bond motifs is 2. The average molecular weight is 442 g/mol. The summed E-state index contributed by atoms with van der Waals surface area (Å²) in [6.07, 6.45) is 3.90. The van der Waals surface area contributed by atoms with Gasteiger partial charge in [-0.3, -0.25) is 0 Å². The Balaban J connectivity index is 1.48. The zero-order valence-corrected chi connectivity index (χ0v) is 17.8. The topological polar surface area (TPSA) is 82.8 Å². The number of hydrogen-bond acceptors (Lipinski definition) is 5.